The van der Waals surface area contributed by atoms with Crippen molar-refractivity contribution < 1.29 is 19.1 Å². The van der Waals surface area contributed by atoms with Gasteiger partial charge in [0.25, 0.3) is 5.91 Å². The van der Waals surface area contributed by atoms with Gasteiger partial charge in [0.15, 0.2) is 0 Å². The average molecular weight is 527 g/mol. The van der Waals surface area contributed by atoms with Crippen molar-refractivity contribution in [3.8, 4) is 5.75 Å². The fourth-order valence-electron chi connectivity index (χ4n) is 3.59. The Hall–Kier alpha value is -3.46. The number of nitrogens with zero attached hydrogens (tertiary/aromatic N) is 1. The highest BCUT2D eigenvalue weighted by Crippen LogP contribution is 2.22. The highest BCUT2D eigenvalue weighted by molar-refractivity contribution is 9.10. The van der Waals surface area contributed by atoms with Crippen LogP contribution in [-0.2, 0) is 9.59 Å². The summed E-state index contributed by atoms with van der Waals surface area (Å²) in [5, 5.41) is 9.37. The molecule has 0 aliphatic heterocycles. The van der Waals surface area contributed by atoms with E-state index in [0.717, 1.165) is 30.2 Å². The van der Waals surface area contributed by atoms with Crippen LogP contribution in [0.25, 0.3) is 0 Å². The third-order valence-corrected chi connectivity index (χ3v) is 5.76. The summed E-state index contributed by atoms with van der Waals surface area (Å²) in [5.74, 6) is -1.64. The van der Waals surface area contributed by atoms with Gasteiger partial charge < -0.3 is 15.4 Å². The van der Waals surface area contributed by atoms with Crippen molar-refractivity contribution >= 4 is 45.6 Å². The SMILES string of the molecule is C=CCOc1ccc(Br)cc1/C=N\NC(=O)C(=O)Nc1ccccc1C(=O)NC1CCCCC1. The molecule has 34 heavy (non-hydrogen) atoms. The number of rotatable bonds is 8. The van der Waals surface area contributed by atoms with Crippen molar-refractivity contribution in [3.63, 3.8) is 0 Å². The number of nitrogens with one attached hydrogen (secondary N) is 3. The van der Waals surface area contributed by atoms with E-state index in [-0.39, 0.29) is 17.6 Å². The number of carbonyl (C=O) groups excluding carboxylic acids is 3. The van der Waals surface area contributed by atoms with Crippen LogP contribution in [0.15, 0.2) is 64.7 Å². The van der Waals surface area contributed by atoms with E-state index < -0.39 is 11.8 Å². The van der Waals surface area contributed by atoms with Crippen LogP contribution < -0.4 is 20.8 Å². The van der Waals surface area contributed by atoms with Crippen LogP contribution in [0.2, 0.25) is 0 Å². The predicted molar refractivity (Wildman–Crippen MR) is 135 cm³/mol. The zero-order valence-corrected chi connectivity index (χ0v) is 20.3. The number of ether oxygens (including phenoxy) is 1. The maximum Gasteiger partial charge on any atom is 0.329 e. The molecule has 2 aromatic carbocycles. The lowest BCUT2D eigenvalue weighted by molar-refractivity contribution is -0.136. The highest BCUT2D eigenvalue weighted by Gasteiger charge is 2.20. The van der Waals surface area contributed by atoms with E-state index in [1.165, 1.54) is 12.6 Å². The van der Waals surface area contributed by atoms with Crippen molar-refractivity contribution in [1.82, 2.24) is 10.7 Å². The van der Waals surface area contributed by atoms with E-state index >= 15 is 0 Å². The molecule has 0 atom stereocenters. The molecule has 0 spiro atoms. The molecule has 0 aromatic heterocycles. The zero-order valence-electron chi connectivity index (χ0n) is 18.7. The minimum Gasteiger partial charge on any atom is -0.489 e. The maximum atomic E-state index is 12.7. The molecule has 3 rings (SSSR count). The van der Waals surface area contributed by atoms with Gasteiger partial charge in [-0.25, -0.2) is 5.43 Å². The molecule has 1 saturated carbocycles. The second-order valence-corrected chi connectivity index (χ2v) is 8.70. The van der Waals surface area contributed by atoms with E-state index in [4.69, 9.17) is 4.74 Å². The molecule has 0 unspecified atom stereocenters. The summed E-state index contributed by atoms with van der Waals surface area (Å²) in [6.45, 7) is 3.92. The van der Waals surface area contributed by atoms with Gasteiger partial charge in [0.2, 0.25) is 0 Å². The highest BCUT2D eigenvalue weighted by atomic mass is 79.9. The molecule has 0 bridgehead atoms. The normalized spacial score (nSPS) is 13.8. The van der Waals surface area contributed by atoms with Gasteiger partial charge in [0.1, 0.15) is 12.4 Å². The van der Waals surface area contributed by atoms with Gasteiger partial charge >= 0.3 is 11.8 Å². The first-order valence-corrected chi connectivity index (χ1v) is 11.8. The number of anilines is 1. The second kappa shape index (κ2) is 12.7. The maximum absolute atomic E-state index is 12.7. The van der Waals surface area contributed by atoms with Crippen LogP contribution in [0.3, 0.4) is 0 Å². The van der Waals surface area contributed by atoms with Crippen molar-refractivity contribution in [1.29, 1.82) is 0 Å². The summed E-state index contributed by atoms with van der Waals surface area (Å²) < 4.78 is 6.35. The molecule has 2 aromatic rings. The third-order valence-electron chi connectivity index (χ3n) is 5.26. The monoisotopic (exact) mass is 526 g/mol. The largest absolute Gasteiger partial charge is 0.489 e. The molecule has 0 heterocycles. The van der Waals surface area contributed by atoms with Gasteiger partial charge in [-0.05, 0) is 43.2 Å². The molecule has 0 radical (unpaired) electrons. The lowest BCUT2D eigenvalue weighted by Gasteiger charge is -2.23. The average Bonchev–Trinajstić information content (AvgIpc) is 2.84. The standard InChI is InChI=1S/C25H27BrN4O4/c1-2-14-34-22-13-12-18(26)15-17(22)16-27-30-25(33)24(32)29-21-11-7-6-10-20(21)23(31)28-19-8-4-3-5-9-19/h2,6-7,10-13,15-16,19H,1,3-5,8-9,14H2,(H,28,31)(H,29,32)(H,30,33)/b27-16-. The number of hydrogen-bond acceptors (Lipinski definition) is 5. The topological polar surface area (TPSA) is 109 Å². The summed E-state index contributed by atoms with van der Waals surface area (Å²) in [5.41, 5.74) is 3.35. The molecule has 1 fully saturated rings. The summed E-state index contributed by atoms with van der Waals surface area (Å²) in [6, 6.07) is 12.0. The second-order valence-electron chi connectivity index (χ2n) is 7.79. The number of carbonyl (C=O) groups is 3. The Balaban J connectivity index is 1.61. The Morgan fingerprint density at radius 2 is 1.85 bits per heavy atom. The first-order chi connectivity index (χ1) is 16.5. The quantitative estimate of drug-likeness (QED) is 0.207. The minimum atomic E-state index is -0.970. The van der Waals surface area contributed by atoms with Crippen molar-refractivity contribution in [2.75, 3.05) is 11.9 Å². The number of para-hydroxylation sites is 1. The molecule has 1 aliphatic carbocycles. The lowest BCUT2D eigenvalue weighted by atomic mass is 9.95. The Kier molecular flexibility index (Phi) is 9.40. The van der Waals surface area contributed by atoms with Crippen molar-refractivity contribution in [3.05, 3.63) is 70.7 Å². The Labute approximate surface area is 207 Å². The van der Waals surface area contributed by atoms with Crippen LogP contribution in [0.5, 0.6) is 5.75 Å². The van der Waals surface area contributed by atoms with E-state index in [1.807, 2.05) is 6.07 Å². The van der Waals surface area contributed by atoms with Gasteiger partial charge in [0.05, 0.1) is 17.5 Å². The van der Waals surface area contributed by atoms with Crippen molar-refractivity contribution in [2.24, 2.45) is 5.10 Å². The number of halogens is 1. The smallest absolute Gasteiger partial charge is 0.329 e. The molecule has 178 valence electrons. The van der Waals surface area contributed by atoms with Gasteiger partial charge in [-0.3, -0.25) is 14.4 Å². The van der Waals surface area contributed by atoms with E-state index in [0.29, 0.717) is 23.5 Å². The molecule has 0 saturated heterocycles. The minimum absolute atomic E-state index is 0.126. The molecule has 3 N–H and O–H groups in total. The predicted octanol–water partition coefficient (Wildman–Crippen LogP) is 4.17. The lowest BCUT2D eigenvalue weighted by Crippen LogP contribution is -2.37. The molecular weight excluding hydrogens is 500 g/mol. The first-order valence-electron chi connectivity index (χ1n) is 11.1. The van der Waals surface area contributed by atoms with Crippen LogP contribution >= 0.6 is 15.9 Å². The van der Waals surface area contributed by atoms with Crippen LogP contribution in [-0.4, -0.2) is 36.6 Å². The molecule has 9 heteroatoms. The van der Waals surface area contributed by atoms with E-state index in [2.05, 4.69) is 43.7 Å². The molecule has 3 amide bonds. The Bertz CT molecular complexity index is 1080. The molecular formula is C25H27BrN4O4. The number of amides is 3. The van der Waals surface area contributed by atoms with E-state index in [1.54, 1.807) is 42.5 Å². The summed E-state index contributed by atoms with van der Waals surface area (Å²) in [4.78, 5) is 37.4. The summed E-state index contributed by atoms with van der Waals surface area (Å²) in [7, 11) is 0. The van der Waals surface area contributed by atoms with E-state index in [9.17, 15) is 14.4 Å². The Morgan fingerprint density at radius 3 is 2.62 bits per heavy atom. The molecule has 1 aliphatic rings. The zero-order chi connectivity index (χ0) is 24.3. The van der Waals surface area contributed by atoms with Gasteiger partial charge in [-0.15, -0.1) is 0 Å². The summed E-state index contributed by atoms with van der Waals surface area (Å²) >= 11 is 3.37. The third kappa shape index (κ3) is 7.28. The number of hydrogen-bond donors (Lipinski definition) is 3. The van der Waals surface area contributed by atoms with Crippen LogP contribution in [0.1, 0.15) is 48.0 Å². The number of hydrazone groups is 1. The van der Waals surface area contributed by atoms with Gasteiger partial charge in [-0.1, -0.05) is 60.0 Å². The molecule has 8 nitrogen and oxygen atoms in total. The Morgan fingerprint density at radius 1 is 1.09 bits per heavy atom. The fraction of sp³-hybridized carbons (Fsp3) is 0.280. The summed E-state index contributed by atoms with van der Waals surface area (Å²) in [6.07, 6.45) is 8.24. The number of benzene rings is 2. The van der Waals surface area contributed by atoms with Crippen molar-refractivity contribution in [2.45, 2.75) is 38.1 Å². The van der Waals surface area contributed by atoms with Gasteiger partial charge in [0, 0.05) is 16.1 Å². The van der Waals surface area contributed by atoms with Crippen LogP contribution in [0.4, 0.5) is 5.69 Å². The van der Waals surface area contributed by atoms with Gasteiger partial charge in [-0.2, -0.15) is 5.10 Å². The van der Waals surface area contributed by atoms with Crippen LogP contribution in [0, 0.1) is 0 Å². The first kappa shape index (κ1) is 25.2. The fourth-order valence-corrected chi connectivity index (χ4v) is 3.97.